The highest BCUT2D eigenvalue weighted by molar-refractivity contribution is 6.11. The van der Waals surface area contributed by atoms with Gasteiger partial charge in [0.2, 0.25) is 0 Å². The van der Waals surface area contributed by atoms with Crippen molar-refractivity contribution in [2.24, 2.45) is 4.99 Å². The number of aliphatic imine (C=N–C) groups is 1. The summed E-state index contributed by atoms with van der Waals surface area (Å²) in [6.07, 6.45) is -4.41. The fourth-order valence-corrected chi connectivity index (χ4v) is 2.84. The van der Waals surface area contributed by atoms with Gasteiger partial charge in [0.15, 0.2) is 0 Å². The largest absolute Gasteiger partial charge is 0.416 e. The number of rotatable bonds is 4. The van der Waals surface area contributed by atoms with Gasteiger partial charge < -0.3 is 0 Å². The van der Waals surface area contributed by atoms with Crippen molar-refractivity contribution in [3.8, 4) is 17.2 Å². The second kappa shape index (κ2) is 8.10. The Kier molecular flexibility index (Phi) is 5.60. The Bertz CT molecular complexity index is 997. The van der Waals surface area contributed by atoms with Gasteiger partial charge in [0.05, 0.1) is 11.6 Å². The number of alkyl halides is 3. The summed E-state index contributed by atoms with van der Waals surface area (Å²) in [5, 5.41) is 9.39. The number of nitrogens with zero attached hydrogens (tertiary/aromatic N) is 2. The highest BCUT2D eigenvalue weighted by Crippen LogP contribution is 2.29. The Morgan fingerprint density at radius 2 is 1.43 bits per heavy atom. The van der Waals surface area contributed by atoms with Crippen LogP contribution in [0.3, 0.4) is 0 Å². The van der Waals surface area contributed by atoms with Crippen molar-refractivity contribution in [2.45, 2.75) is 19.1 Å². The third kappa shape index (κ3) is 4.47. The van der Waals surface area contributed by atoms with Gasteiger partial charge in [-0.15, -0.1) is 0 Å². The maximum absolute atomic E-state index is 12.7. The van der Waals surface area contributed by atoms with Crippen LogP contribution < -0.4 is 0 Å². The molecule has 0 spiro atoms. The lowest BCUT2D eigenvalue weighted by atomic mass is 10.0. The smallest absolute Gasteiger partial charge is 0.266 e. The van der Waals surface area contributed by atoms with E-state index >= 15 is 0 Å². The van der Waals surface area contributed by atoms with Crippen LogP contribution in [0.1, 0.15) is 29.7 Å². The lowest BCUT2D eigenvalue weighted by Crippen LogP contribution is -2.06. The number of hydrogen-bond acceptors (Lipinski definition) is 2. The molecule has 28 heavy (non-hydrogen) atoms. The Morgan fingerprint density at radius 1 is 0.857 bits per heavy atom. The van der Waals surface area contributed by atoms with Gasteiger partial charge in [0, 0.05) is 5.56 Å². The van der Waals surface area contributed by atoms with Gasteiger partial charge in [-0.2, -0.15) is 18.4 Å². The van der Waals surface area contributed by atoms with Crippen molar-refractivity contribution < 1.29 is 13.2 Å². The van der Waals surface area contributed by atoms with E-state index in [0.29, 0.717) is 5.56 Å². The Labute approximate surface area is 161 Å². The fourth-order valence-electron chi connectivity index (χ4n) is 2.84. The lowest BCUT2D eigenvalue weighted by molar-refractivity contribution is -0.137. The second-order valence-electron chi connectivity index (χ2n) is 6.33. The average Bonchev–Trinajstić information content (AvgIpc) is 2.72. The van der Waals surface area contributed by atoms with E-state index in [9.17, 15) is 18.4 Å². The predicted molar refractivity (Wildman–Crippen MR) is 104 cm³/mol. The van der Waals surface area contributed by atoms with Crippen LogP contribution in [0, 0.1) is 11.3 Å². The molecule has 0 amide bonds. The summed E-state index contributed by atoms with van der Waals surface area (Å²) < 4.78 is 38.1. The Balaban J connectivity index is 1.82. The van der Waals surface area contributed by atoms with Gasteiger partial charge in [0.1, 0.15) is 11.8 Å². The Hall–Kier alpha value is -3.39. The molecule has 140 valence electrons. The molecule has 3 rings (SSSR count). The van der Waals surface area contributed by atoms with E-state index in [-0.39, 0.29) is 11.8 Å². The molecule has 0 saturated carbocycles. The minimum Gasteiger partial charge on any atom is -0.266 e. The molecular formula is C23H17F3N2. The molecule has 0 heterocycles. The van der Waals surface area contributed by atoms with E-state index in [1.165, 1.54) is 12.1 Å². The highest BCUT2D eigenvalue weighted by Gasteiger charge is 2.30. The first kappa shape index (κ1) is 19.4. The third-order valence-electron chi connectivity index (χ3n) is 4.41. The van der Waals surface area contributed by atoms with Crippen molar-refractivity contribution in [1.82, 2.24) is 0 Å². The minimum atomic E-state index is -4.41. The van der Waals surface area contributed by atoms with Crippen molar-refractivity contribution in [3.05, 3.63) is 95.6 Å². The van der Waals surface area contributed by atoms with Crippen LogP contribution in [-0.4, -0.2) is 5.71 Å². The fraction of sp³-hybridized carbons (Fsp3) is 0.130. The minimum absolute atomic E-state index is 0.105. The van der Waals surface area contributed by atoms with Crippen LogP contribution in [-0.2, 0) is 6.18 Å². The average molecular weight is 378 g/mol. The lowest BCUT2D eigenvalue weighted by Gasteiger charge is -2.10. The molecular weight excluding hydrogens is 361 g/mol. The summed E-state index contributed by atoms with van der Waals surface area (Å²) in [4.78, 5) is 4.40. The zero-order valence-electron chi connectivity index (χ0n) is 15.1. The van der Waals surface area contributed by atoms with E-state index in [1.807, 2.05) is 67.6 Å². The van der Waals surface area contributed by atoms with E-state index in [4.69, 9.17) is 0 Å². The molecule has 0 N–H and O–H groups in total. The van der Waals surface area contributed by atoms with Crippen molar-refractivity contribution in [3.63, 3.8) is 0 Å². The van der Waals surface area contributed by atoms with Gasteiger partial charge in [-0.3, -0.25) is 4.99 Å². The van der Waals surface area contributed by atoms with Crippen LogP contribution in [0.2, 0.25) is 0 Å². The van der Waals surface area contributed by atoms with Crippen LogP contribution in [0.25, 0.3) is 11.1 Å². The maximum Gasteiger partial charge on any atom is 0.416 e. The maximum atomic E-state index is 12.7. The summed E-state index contributed by atoms with van der Waals surface area (Å²) in [5.41, 5.74) is 2.81. The van der Waals surface area contributed by atoms with Crippen LogP contribution in [0.15, 0.2) is 83.9 Å². The van der Waals surface area contributed by atoms with E-state index < -0.39 is 11.7 Å². The summed E-state index contributed by atoms with van der Waals surface area (Å²) >= 11 is 0. The van der Waals surface area contributed by atoms with Gasteiger partial charge in [-0.1, -0.05) is 66.7 Å². The number of nitriles is 1. The molecule has 2 nitrogen and oxygen atoms in total. The first-order chi connectivity index (χ1) is 13.4. The molecule has 0 aromatic heterocycles. The SMILES string of the molecule is C[C@@H](/N=C(\C#N)c1ccc(C(F)(F)F)cc1)c1ccc(-c2ccccc2)cc1. The first-order valence-corrected chi connectivity index (χ1v) is 8.69. The second-order valence-corrected chi connectivity index (χ2v) is 6.33. The van der Waals surface area contributed by atoms with Crippen molar-refractivity contribution in [1.29, 1.82) is 5.26 Å². The molecule has 0 unspecified atom stereocenters. The zero-order chi connectivity index (χ0) is 20.1. The molecule has 0 aliphatic heterocycles. The normalized spacial score (nSPS) is 13.0. The van der Waals surface area contributed by atoms with Gasteiger partial charge in [-0.05, 0) is 35.7 Å². The molecule has 1 atom stereocenters. The molecule has 0 fully saturated rings. The molecule has 0 bridgehead atoms. The molecule has 0 aliphatic rings. The number of benzene rings is 3. The van der Waals surface area contributed by atoms with E-state index in [1.54, 1.807) is 0 Å². The molecule has 0 radical (unpaired) electrons. The summed E-state index contributed by atoms with van der Waals surface area (Å²) in [7, 11) is 0. The number of halogens is 3. The number of hydrogen-bond donors (Lipinski definition) is 0. The molecule has 0 aliphatic carbocycles. The zero-order valence-corrected chi connectivity index (χ0v) is 15.1. The van der Waals surface area contributed by atoms with E-state index in [0.717, 1.165) is 28.8 Å². The molecule has 3 aromatic carbocycles. The van der Waals surface area contributed by atoms with Crippen LogP contribution >= 0.6 is 0 Å². The standard InChI is InChI=1S/C23H17F3N2/c1-16(17-7-9-19(10-8-17)18-5-3-2-4-6-18)28-22(15-27)20-11-13-21(14-12-20)23(24,25)26/h2-14,16H,1H3/b28-22+/t16-/m1/s1. The summed E-state index contributed by atoms with van der Waals surface area (Å²) in [5.74, 6) is 0. The summed E-state index contributed by atoms with van der Waals surface area (Å²) in [6.45, 7) is 1.85. The van der Waals surface area contributed by atoms with Crippen molar-refractivity contribution in [2.75, 3.05) is 0 Å². The Morgan fingerprint density at radius 3 is 1.96 bits per heavy atom. The van der Waals surface area contributed by atoms with Gasteiger partial charge in [-0.25, -0.2) is 0 Å². The third-order valence-corrected chi connectivity index (χ3v) is 4.41. The predicted octanol–water partition coefficient (Wildman–Crippen LogP) is 6.45. The molecule has 3 aromatic rings. The quantitative estimate of drug-likeness (QED) is 0.481. The van der Waals surface area contributed by atoms with Crippen LogP contribution in [0.4, 0.5) is 13.2 Å². The van der Waals surface area contributed by atoms with Gasteiger partial charge >= 0.3 is 6.18 Å². The molecule has 5 heteroatoms. The monoisotopic (exact) mass is 378 g/mol. The topological polar surface area (TPSA) is 36.1 Å². The van der Waals surface area contributed by atoms with Crippen LogP contribution in [0.5, 0.6) is 0 Å². The highest BCUT2D eigenvalue weighted by atomic mass is 19.4. The van der Waals surface area contributed by atoms with E-state index in [2.05, 4.69) is 4.99 Å². The first-order valence-electron chi connectivity index (χ1n) is 8.69. The van der Waals surface area contributed by atoms with Crippen molar-refractivity contribution >= 4 is 5.71 Å². The molecule has 0 saturated heterocycles. The van der Waals surface area contributed by atoms with Gasteiger partial charge in [0.25, 0.3) is 0 Å². The summed E-state index contributed by atoms with van der Waals surface area (Å²) in [6, 6.07) is 24.0.